The van der Waals surface area contributed by atoms with Crippen LogP contribution in [0.3, 0.4) is 0 Å². The van der Waals surface area contributed by atoms with E-state index in [1.165, 1.54) is 6.42 Å². The van der Waals surface area contributed by atoms with E-state index >= 15 is 0 Å². The minimum atomic E-state index is 0.152. The molecule has 0 aromatic rings. The molecule has 3 nitrogen and oxygen atoms in total. The van der Waals surface area contributed by atoms with E-state index in [1.807, 2.05) is 11.9 Å². The molecule has 1 saturated carbocycles. The lowest BCUT2D eigenvalue weighted by Crippen LogP contribution is -2.42. The van der Waals surface area contributed by atoms with Gasteiger partial charge in [0.15, 0.2) is 0 Å². The van der Waals surface area contributed by atoms with Gasteiger partial charge in [-0.2, -0.15) is 0 Å². The van der Waals surface area contributed by atoms with E-state index in [1.54, 1.807) is 0 Å². The van der Waals surface area contributed by atoms with Crippen molar-refractivity contribution >= 4 is 5.91 Å². The first kappa shape index (κ1) is 11.5. The molecule has 0 heterocycles. The minimum Gasteiger partial charge on any atom is -0.346 e. The SMILES string of the molecule is CCCN(C)C(=O)CC1(CN)CCC1. The molecule has 0 aromatic heterocycles. The van der Waals surface area contributed by atoms with Gasteiger partial charge in [0.25, 0.3) is 0 Å². The summed E-state index contributed by atoms with van der Waals surface area (Å²) in [5.74, 6) is 0.261. The van der Waals surface area contributed by atoms with Crippen molar-refractivity contribution in [3.8, 4) is 0 Å². The second-order valence-electron chi connectivity index (χ2n) is 4.55. The van der Waals surface area contributed by atoms with Gasteiger partial charge in [0.05, 0.1) is 0 Å². The molecule has 0 saturated heterocycles. The highest BCUT2D eigenvalue weighted by Crippen LogP contribution is 2.43. The summed E-state index contributed by atoms with van der Waals surface area (Å²) in [6.45, 7) is 3.62. The van der Waals surface area contributed by atoms with Crippen LogP contribution in [0.4, 0.5) is 0 Å². The van der Waals surface area contributed by atoms with Crippen LogP contribution in [0.15, 0.2) is 0 Å². The van der Waals surface area contributed by atoms with E-state index in [0.29, 0.717) is 13.0 Å². The number of amides is 1. The third kappa shape index (κ3) is 2.47. The maximum Gasteiger partial charge on any atom is 0.222 e. The molecule has 0 atom stereocenters. The first-order valence-corrected chi connectivity index (χ1v) is 5.57. The molecule has 0 aromatic carbocycles. The van der Waals surface area contributed by atoms with Crippen LogP contribution >= 0.6 is 0 Å². The monoisotopic (exact) mass is 198 g/mol. The largest absolute Gasteiger partial charge is 0.346 e. The average molecular weight is 198 g/mol. The minimum absolute atomic E-state index is 0.152. The first-order valence-electron chi connectivity index (χ1n) is 5.57. The Morgan fingerprint density at radius 2 is 2.14 bits per heavy atom. The van der Waals surface area contributed by atoms with E-state index in [0.717, 1.165) is 25.8 Å². The second kappa shape index (κ2) is 4.78. The zero-order valence-electron chi connectivity index (χ0n) is 9.38. The highest BCUT2D eigenvalue weighted by atomic mass is 16.2. The molecule has 2 N–H and O–H groups in total. The van der Waals surface area contributed by atoms with Crippen LogP contribution in [0.1, 0.15) is 39.0 Å². The highest BCUT2D eigenvalue weighted by Gasteiger charge is 2.37. The molecular formula is C11H22N2O. The lowest BCUT2D eigenvalue weighted by atomic mass is 9.66. The van der Waals surface area contributed by atoms with Crippen molar-refractivity contribution in [2.24, 2.45) is 11.1 Å². The van der Waals surface area contributed by atoms with E-state index in [9.17, 15) is 4.79 Å². The van der Waals surface area contributed by atoms with Crippen LogP contribution < -0.4 is 5.73 Å². The van der Waals surface area contributed by atoms with Crippen molar-refractivity contribution < 1.29 is 4.79 Å². The standard InChI is InChI=1S/C11H22N2O/c1-3-7-13(2)10(14)8-11(9-12)5-4-6-11/h3-9,12H2,1-2H3. The van der Waals surface area contributed by atoms with Crippen LogP contribution in [-0.4, -0.2) is 30.9 Å². The average Bonchev–Trinajstić information content (AvgIpc) is 2.11. The number of rotatable bonds is 5. The summed E-state index contributed by atoms with van der Waals surface area (Å²) in [6, 6.07) is 0. The molecule has 1 aliphatic carbocycles. The lowest BCUT2D eigenvalue weighted by Gasteiger charge is -2.41. The number of carbonyl (C=O) groups excluding carboxylic acids is 1. The van der Waals surface area contributed by atoms with Gasteiger partial charge in [0.2, 0.25) is 5.91 Å². The Hall–Kier alpha value is -0.570. The van der Waals surface area contributed by atoms with Crippen LogP contribution in [0.2, 0.25) is 0 Å². The summed E-state index contributed by atoms with van der Waals surface area (Å²) in [4.78, 5) is 13.6. The molecule has 0 spiro atoms. The maximum absolute atomic E-state index is 11.8. The van der Waals surface area contributed by atoms with E-state index in [4.69, 9.17) is 5.73 Å². The predicted octanol–water partition coefficient (Wildman–Crippen LogP) is 1.37. The first-order chi connectivity index (χ1) is 6.63. The molecular weight excluding hydrogens is 176 g/mol. The lowest BCUT2D eigenvalue weighted by molar-refractivity contribution is -0.133. The summed E-state index contributed by atoms with van der Waals surface area (Å²) >= 11 is 0. The molecule has 0 aliphatic heterocycles. The van der Waals surface area contributed by atoms with Crippen LogP contribution in [0.25, 0.3) is 0 Å². The van der Waals surface area contributed by atoms with Gasteiger partial charge in [0, 0.05) is 20.0 Å². The third-order valence-electron chi connectivity index (χ3n) is 3.36. The fraction of sp³-hybridized carbons (Fsp3) is 0.909. The van der Waals surface area contributed by atoms with Crippen molar-refractivity contribution in [2.75, 3.05) is 20.1 Å². The molecule has 0 bridgehead atoms. The van der Waals surface area contributed by atoms with Crippen molar-refractivity contribution in [2.45, 2.75) is 39.0 Å². The van der Waals surface area contributed by atoms with Crippen molar-refractivity contribution in [1.82, 2.24) is 4.90 Å². The molecule has 1 aliphatic rings. The van der Waals surface area contributed by atoms with Crippen LogP contribution in [0, 0.1) is 5.41 Å². The summed E-state index contributed by atoms with van der Waals surface area (Å²) in [6.07, 6.45) is 5.18. The molecule has 0 radical (unpaired) electrons. The molecule has 1 amide bonds. The molecule has 3 heteroatoms. The van der Waals surface area contributed by atoms with Gasteiger partial charge < -0.3 is 10.6 Å². The third-order valence-corrected chi connectivity index (χ3v) is 3.36. The fourth-order valence-electron chi connectivity index (χ4n) is 2.05. The molecule has 14 heavy (non-hydrogen) atoms. The van der Waals surface area contributed by atoms with E-state index < -0.39 is 0 Å². The topological polar surface area (TPSA) is 46.3 Å². The predicted molar refractivity (Wildman–Crippen MR) is 57.9 cm³/mol. The van der Waals surface area contributed by atoms with E-state index in [-0.39, 0.29) is 11.3 Å². The van der Waals surface area contributed by atoms with Crippen molar-refractivity contribution in [1.29, 1.82) is 0 Å². The molecule has 1 fully saturated rings. The molecule has 82 valence electrons. The van der Waals surface area contributed by atoms with Crippen LogP contribution in [-0.2, 0) is 4.79 Å². The summed E-state index contributed by atoms with van der Waals surface area (Å²) in [7, 11) is 1.88. The Kier molecular flexibility index (Phi) is 3.93. The molecule has 1 rings (SSSR count). The Balaban J connectivity index is 2.38. The zero-order valence-corrected chi connectivity index (χ0v) is 9.38. The quantitative estimate of drug-likeness (QED) is 0.725. The van der Waals surface area contributed by atoms with Gasteiger partial charge in [-0.1, -0.05) is 13.3 Å². The number of carbonyl (C=O) groups is 1. The molecule has 0 unspecified atom stereocenters. The van der Waals surface area contributed by atoms with Gasteiger partial charge in [-0.05, 0) is 31.2 Å². The van der Waals surface area contributed by atoms with Crippen molar-refractivity contribution in [3.63, 3.8) is 0 Å². The summed E-state index contributed by atoms with van der Waals surface area (Å²) < 4.78 is 0. The summed E-state index contributed by atoms with van der Waals surface area (Å²) in [5.41, 5.74) is 5.87. The van der Waals surface area contributed by atoms with E-state index in [2.05, 4.69) is 6.92 Å². The van der Waals surface area contributed by atoms with Crippen LogP contribution in [0.5, 0.6) is 0 Å². The number of nitrogens with two attached hydrogens (primary N) is 1. The van der Waals surface area contributed by atoms with Gasteiger partial charge in [-0.3, -0.25) is 4.79 Å². The normalized spacial score (nSPS) is 18.8. The van der Waals surface area contributed by atoms with Gasteiger partial charge in [-0.15, -0.1) is 0 Å². The van der Waals surface area contributed by atoms with Gasteiger partial charge in [0.1, 0.15) is 0 Å². The van der Waals surface area contributed by atoms with Gasteiger partial charge >= 0.3 is 0 Å². The maximum atomic E-state index is 11.8. The highest BCUT2D eigenvalue weighted by molar-refractivity contribution is 5.76. The van der Waals surface area contributed by atoms with Crippen molar-refractivity contribution in [3.05, 3.63) is 0 Å². The zero-order chi connectivity index (χ0) is 10.6. The fourth-order valence-corrected chi connectivity index (χ4v) is 2.05. The Morgan fingerprint density at radius 3 is 2.50 bits per heavy atom. The number of hydrogen-bond acceptors (Lipinski definition) is 2. The Morgan fingerprint density at radius 1 is 1.50 bits per heavy atom. The second-order valence-corrected chi connectivity index (χ2v) is 4.55. The number of nitrogens with zero attached hydrogens (tertiary/aromatic N) is 1. The summed E-state index contributed by atoms with van der Waals surface area (Å²) in [5, 5.41) is 0. The number of hydrogen-bond donors (Lipinski definition) is 1. The Bertz CT molecular complexity index is 194. The Labute approximate surface area is 86.6 Å². The van der Waals surface area contributed by atoms with Gasteiger partial charge in [-0.25, -0.2) is 0 Å². The smallest absolute Gasteiger partial charge is 0.222 e.